The number of nitrogens with zero attached hydrogens (tertiary/aromatic N) is 3. The Morgan fingerprint density at radius 1 is 1.38 bits per heavy atom. The van der Waals surface area contributed by atoms with E-state index in [-0.39, 0.29) is 11.7 Å². The van der Waals surface area contributed by atoms with Crippen LogP contribution >= 0.6 is 11.6 Å². The molecule has 3 rings (SSSR count). The van der Waals surface area contributed by atoms with Gasteiger partial charge in [0.15, 0.2) is 5.78 Å². The molecule has 24 heavy (non-hydrogen) atoms. The lowest BCUT2D eigenvalue weighted by Crippen LogP contribution is -2.38. The van der Waals surface area contributed by atoms with Gasteiger partial charge in [0.1, 0.15) is 0 Å². The number of hydrogen-bond donors (Lipinski definition) is 0. The van der Waals surface area contributed by atoms with E-state index in [1.54, 1.807) is 6.07 Å². The molecule has 1 atom stereocenters. The summed E-state index contributed by atoms with van der Waals surface area (Å²) < 4.78 is 1.86. The number of aryl methyl sites for hydroxylation is 3. The molecule has 1 fully saturated rings. The fourth-order valence-corrected chi connectivity index (χ4v) is 3.81. The molecule has 0 N–H and O–H groups in total. The van der Waals surface area contributed by atoms with Crippen molar-refractivity contribution in [2.45, 2.75) is 33.2 Å². The maximum absolute atomic E-state index is 12.9. The Labute approximate surface area is 148 Å². The highest BCUT2D eigenvalue weighted by Gasteiger charge is 2.27. The van der Waals surface area contributed by atoms with E-state index in [1.807, 2.05) is 37.7 Å². The molecule has 0 radical (unpaired) electrons. The minimum absolute atomic E-state index is 0.0654. The van der Waals surface area contributed by atoms with Crippen molar-refractivity contribution in [3.63, 3.8) is 0 Å². The fourth-order valence-electron chi connectivity index (χ4n) is 3.58. The molecule has 0 amide bonds. The van der Waals surface area contributed by atoms with Crippen molar-refractivity contribution in [1.82, 2.24) is 14.7 Å². The van der Waals surface area contributed by atoms with Crippen LogP contribution in [-0.4, -0.2) is 33.6 Å². The first-order valence-corrected chi connectivity index (χ1v) is 8.83. The third-order valence-corrected chi connectivity index (χ3v) is 5.07. The van der Waals surface area contributed by atoms with Crippen LogP contribution in [0.4, 0.5) is 0 Å². The van der Waals surface area contributed by atoms with Crippen molar-refractivity contribution in [1.29, 1.82) is 0 Å². The summed E-state index contributed by atoms with van der Waals surface area (Å²) in [5.41, 5.74) is 4.09. The standard InChI is InChI=1S/C19H24ClN3O/c1-13-9-17(20)6-7-18(13)19(24)15-5-4-8-23(11-15)12-16-10-22(3)21-14(16)2/h6-7,9-10,15H,4-5,8,11-12H2,1-3H3/t15-/m0/s1. The van der Waals surface area contributed by atoms with Gasteiger partial charge in [0.2, 0.25) is 0 Å². The molecule has 1 aliphatic heterocycles. The second-order valence-corrected chi connectivity index (χ2v) is 7.25. The van der Waals surface area contributed by atoms with Gasteiger partial charge in [-0.1, -0.05) is 11.6 Å². The maximum Gasteiger partial charge on any atom is 0.167 e. The van der Waals surface area contributed by atoms with E-state index in [4.69, 9.17) is 11.6 Å². The Kier molecular flexibility index (Phi) is 5.07. The third-order valence-electron chi connectivity index (χ3n) is 4.84. The van der Waals surface area contributed by atoms with Crippen molar-refractivity contribution in [2.24, 2.45) is 13.0 Å². The Morgan fingerprint density at radius 2 is 2.17 bits per heavy atom. The lowest BCUT2D eigenvalue weighted by atomic mass is 9.88. The van der Waals surface area contributed by atoms with E-state index in [0.717, 1.165) is 49.3 Å². The summed E-state index contributed by atoms with van der Waals surface area (Å²) >= 11 is 6.01. The van der Waals surface area contributed by atoms with Crippen LogP contribution in [0, 0.1) is 19.8 Å². The number of rotatable bonds is 4. The number of piperidine rings is 1. The minimum Gasteiger partial charge on any atom is -0.298 e. The number of likely N-dealkylation sites (tertiary alicyclic amines) is 1. The van der Waals surface area contributed by atoms with E-state index in [1.165, 1.54) is 5.56 Å². The molecule has 4 nitrogen and oxygen atoms in total. The van der Waals surface area contributed by atoms with E-state index < -0.39 is 0 Å². The number of ketones is 1. The van der Waals surface area contributed by atoms with E-state index in [0.29, 0.717) is 5.02 Å². The first kappa shape index (κ1) is 17.2. The quantitative estimate of drug-likeness (QED) is 0.791. The van der Waals surface area contributed by atoms with Gasteiger partial charge < -0.3 is 0 Å². The van der Waals surface area contributed by atoms with Crippen LogP contribution in [0.3, 0.4) is 0 Å². The molecule has 1 aliphatic rings. The number of carbonyl (C=O) groups is 1. The zero-order chi connectivity index (χ0) is 17.3. The van der Waals surface area contributed by atoms with Gasteiger partial charge in [-0.25, -0.2) is 0 Å². The molecule has 5 heteroatoms. The average molecular weight is 346 g/mol. The van der Waals surface area contributed by atoms with Crippen LogP contribution in [0.1, 0.15) is 40.0 Å². The molecule has 0 bridgehead atoms. The molecule has 1 saturated heterocycles. The Hall–Kier alpha value is -1.65. The van der Waals surface area contributed by atoms with Gasteiger partial charge >= 0.3 is 0 Å². The summed E-state index contributed by atoms with van der Waals surface area (Å²) in [5.74, 6) is 0.312. The smallest absolute Gasteiger partial charge is 0.167 e. The van der Waals surface area contributed by atoms with E-state index in [9.17, 15) is 4.79 Å². The highest BCUT2D eigenvalue weighted by atomic mass is 35.5. The maximum atomic E-state index is 12.9. The Balaban J connectivity index is 1.71. The van der Waals surface area contributed by atoms with Crippen molar-refractivity contribution in [3.8, 4) is 0 Å². The summed E-state index contributed by atoms with van der Waals surface area (Å²) in [6, 6.07) is 5.54. The zero-order valence-electron chi connectivity index (χ0n) is 14.6. The normalized spacial score (nSPS) is 18.8. The fraction of sp³-hybridized carbons (Fsp3) is 0.474. The van der Waals surface area contributed by atoms with E-state index >= 15 is 0 Å². The predicted octanol–water partition coefficient (Wildman–Crippen LogP) is 3.79. The molecule has 1 aromatic heterocycles. The number of Topliss-reactive ketones (excluding diaryl/α,β-unsaturated/α-hetero) is 1. The van der Waals surface area contributed by atoms with Crippen LogP contribution in [0.25, 0.3) is 0 Å². The predicted molar refractivity (Wildman–Crippen MR) is 96.5 cm³/mol. The first-order valence-electron chi connectivity index (χ1n) is 8.46. The van der Waals surface area contributed by atoms with Gasteiger partial charge in [0, 0.05) is 48.4 Å². The van der Waals surface area contributed by atoms with Crippen molar-refractivity contribution >= 4 is 17.4 Å². The Bertz CT molecular complexity index is 753. The number of halogens is 1. The lowest BCUT2D eigenvalue weighted by molar-refractivity contribution is 0.0811. The molecule has 0 aliphatic carbocycles. The van der Waals surface area contributed by atoms with Gasteiger partial charge in [0.05, 0.1) is 5.69 Å². The highest BCUT2D eigenvalue weighted by molar-refractivity contribution is 6.30. The Morgan fingerprint density at radius 3 is 2.83 bits per heavy atom. The molecule has 0 saturated carbocycles. The molecule has 0 spiro atoms. The van der Waals surface area contributed by atoms with Gasteiger partial charge in [0.25, 0.3) is 0 Å². The van der Waals surface area contributed by atoms with Crippen molar-refractivity contribution < 1.29 is 4.79 Å². The second kappa shape index (κ2) is 7.08. The summed E-state index contributed by atoms with van der Waals surface area (Å²) in [7, 11) is 1.95. The number of benzene rings is 1. The van der Waals surface area contributed by atoms with Crippen LogP contribution < -0.4 is 0 Å². The first-order chi connectivity index (χ1) is 11.4. The second-order valence-electron chi connectivity index (χ2n) is 6.81. The summed E-state index contributed by atoms with van der Waals surface area (Å²) in [4.78, 5) is 15.3. The van der Waals surface area contributed by atoms with Crippen LogP contribution in [-0.2, 0) is 13.6 Å². The molecule has 2 aromatic rings. The largest absolute Gasteiger partial charge is 0.298 e. The monoisotopic (exact) mass is 345 g/mol. The van der Waals surface area contributed by atoms with Crippen molar-refractivity contribution in [2.75, 3.05) is 13.1 Å². The van der Waals surface area contributed by atoms with Gasteiger partial charge in [-0.2, -0.15) is 5.10 Å². The molecule has 2 heterocycles. The van der Waals surface area contributed by atoms with Crippen LogP contribution in [0.2, 0.25) is 5.02 Å². The summed E-state index contributed by atoms with van der Waals surface area (Å²) in [5, 5.41) is 5.09. The lowest BCUT2D eigenvalue weighted by Gasteiger charge is -2.32. The molecule has 0 unspecified atom stereocenters. The van der Waals surface area contributed by atoms with Gasteiger partial charge in [-0.15, -0.1) is 0 Å². The molecule has 1 aromatic carbocycles. The van der Waals surface area contributed by atoms with Crippen molar-refractivity contribution in [3.05, 3.63) is 51.8 Å². The topological polar surface area (TPSA) is 38.1 Å². The SMILES string of the molecule is Cc1cc(Cl)ccc1C(=O)[C@H]1CCCN(Cc2cn(C)nc2C)C1. The summed E-state index contributed by atoms with van der Waals surface area (Å²) in [6.07, 6.45) is 4.09. The minimum atomic E-state index is 0.0654. The average Bonchev–Trinajstić information content (AvgIpc) is 2.84. The molecular formula is C19H24ClN3O. The number of hydrogen-bond acceptors (Lipinski definition) is 3. The van der Waals surface area contributed by atoms with Gasteiger partial charge in [-0.3, -0.25) is 14.4 Å². The van der Waals surface area contributed by atoms with Crippen LogP contribution in [0.5, 0.6) is 0 Å². The number of carbonyl (C=O) groups excluding carboxylic acids is 1. The van der Waals surface area contributed by atoms with E-state index in [2.05, 4.69) is 16.2 Å². The number of aromatic nitrogens is 2. The zero-order valence-corrected chi connectivity index (χ0v) is 15.3. The van der Waals surface area contributed by atoms with Crippen LogP contribution in [0.15, 0.2) is 24.4 Å². The molecular weight excluding hydrogens is 322 g/mol. The third kappa shape index (κ3) is 3.70. The molecule has 128 valence electrons. The van der Waals surface area contributed by atoms with Gasteiger partial charge in [-0.05, 0) is 57.0 Å². The highest BCUT2D eigenvalue weighted by Crippen LogP contribution is 2.25. The summed E-state index contributed by atoms with van der Waals surface area (Å²) in [6.45, 7) is 6.72.